The van der Waals surface area contributed by atoms with Crippen molar-refractivity contribution in [1.82, 2.24) is 15.5 Å². The first-order chi connectivity index (χ1) is 15.1. The Kier molecular flexibility index (Phi) is 7.43. The van der Waals surface area contributed by atoms with Crippen molar-refractivity contribution in [3.8, 4) is 0 Å². The van der Waals surface area contributed by atoms with Crippen LogP contribution in [0.15, 0.2) is 30.9 Å². The van der Waals surface area contributed by atoms with Crippen LogP contribution < -0.4 is 10.6 Å². The first kappa shape index (κ1) is 24.4. The molecule has 1 saturated heterocycles. The van der Waals surface area contributed by atoms with Gasteiger partial charge in [-0.05, 0) is 102 Å². The lowest BCUT2D eigenvalue weighted by Gasteiger charge is -2.46. The fourth-order valence-electron chi connectivity index (χ4n) is 5.45. The second kappa shape index (κ2) is 9.74. The van der Waals surface area contributed by atoms with Gasteiger partial charge in [-0.2, -0.15) is 0 Å². The van der Waals surface area contributed by atoms with Crippen LogP contribution >= 0.6 is 0 Å². The van der Waals surface area contributed by atoms with E-state index >= 15 is 0 Å². The number of piperidine rings is 1. The first-order valence-electron chi connectivity index (χ1n) is 11.8. The molecule has 1 aromatic carbocycles. The molecule has 6 heteroatoms. The maximum Gasteiger partial charge on any atom is 0.246 e. The van der Waals surface area contributed by atoms with Gasteiger partial charge in [-0.25, -0.2) is 4.39 Å². The molecule has 5 nitrogen and oxygen atoms in total. The van der Waals surface area contributed by atoms with Gasteiger partial charge in [0.1, 0.15) is 11.4 Å². The van der Waals surface area contributed by atoms with Crippen molar-refractivity contribution < 1.29 is 14.0 Å². The molecular formula is C26H38FN3O2. The first-order valence-corrected chi connectivity index (χ1v) is 11.8. The molecule has 0 spiro atoms. The summed E-state index contributed by atoms with van der Waals surface area (Å²) >= 11 is 0. The lowest BCUT2D eigenvalue weighted by Crippen LogP contribution is -2.66. The van der Waals surface area contributed by atoms with Gasteiger partial charge in [0.05, 0.1) is 0 Å². The minimum absolute atomic E-state index is 0.0262. The Hall–Kier alpha value is -2.21. The normalized spacial score (nSPS) is 21.5. The summed E-state index contributed by atoms with van der Waals surface area (Å²) in [7, 11) is 0. The van der Waals surface area contributed by atoms with Crippen molar-refractivity contribution in [2.75, 3.05) is 13.1 Å². The van der Waals surface area contributed by atoms with E-state index in [1.807, 2.05) is 26.8 Å². The molecule has 0 radical (unpaired) electrons. The molecule has 3 rings (SSSR count). The van der Waals surface area contributed by atoms with Gasteiger partial charge in [-0.15, -0.1) is 6.58 Å². The predicted molar refractivity (Wildman–Crippen MR) is 126 cm³/mol. The van der Waals surface area contributed by atoms with E-state index in [1.54, 1.807) is 18.2 Å². The predicted octanol–water partition coefficient (Wildman–Crippen LogP) is 4.28. The number of aryl methyl sites for hydroxylation is 1. The molecule has 1 aromatic rings. The summed E-state index contributed by atoms with van der Waals surface area (Å²) < 4.78 is 13.9. The average molecular weight is 444 g/mol. The fourth-order valence-corrected chi connectivity index (χ4v) is 5.45. The monoisotopic (exact) mass is 443 g/mol. The molecule has 32 heavy (non-hydrogen) atoms. The van der Waals surface area contributed by atoms with E-state index in [0.29, 0.717) is 12.8 Å². The van der Waals surface area contributed by atoms with Gasteiger partial charge in [0.25, 0.3) is 0 Å². The van der Waals surface area contributed by atoms with Crippen LogP contribution in [0, 0.1) is 11.7 Å². The number of nitrogens with zero attached hydrogens (tertiary/aromatic N) is 1. The van der Waals surface area contributed by atoms with Crippen LogP contribution in [0.5, 0.6) is 0 Å². The zero-order valence-corrected chi connectivity index (χ0v) is 20.0. The zero-order valence-electron chi connectivity index (χ0n) is 20.0. The number of hydrogen-bond donors (Lipinski definition) is 2. The van der Waals surface area contributed by atoms with Gasteiger partial charge < -0.3 is 10.6 Å². The van der Waals surface area contributed by atoms with Gasteiger partial charge in [0.2, 0.25) is 11.8 Å². The SMILES string of the molecule is C=CCCC(NC(C)=O)(C(=O)NC(C)(C)C)C1CCN(C2CCc3ccc(F)cc32)CC1. The molecule has 176 valence electrons. The highest BCUT2D eigenvalue weighted by atomic mass is 19.1. The fraction of sp³-hybridized carbons (Fsp3) is 0.615. The number of fused-ring (bicyclic) bond motifs is 1. The van der Waals surface area contributed by atoms with E-state index in [0.717, 1.165) is 44.3 Å². The number of amides is 2. The maximum absolute atomic E-state index is 13.9. The molecule has 0 saturated carbocycles. The average Bonchev–Trinajstić information content (AvgIpc) is 3.12. The molecular weight excluding hydrogens is 405 g/mol. The summed E-state index contributed by atoms with van der Waals surface area (Å²) in [6.45, 7) is 12.8. The van der Waals surface area contributed by atoms with Crippen LogP contribution in [0.1, 0.15) is 77.0 Å². The second-order valence-electron chi connectivity index (χ2n) is 10.4. The van der Waals surface area contributed by atoms with Gasteiger partial charge in [-0.3, -0.25) is 14.5 Å². The lowest BCUT2D eigenvalue weighted by molar-refractivity contribution is -0.138. The molecule has 2 atom stereocenters. The molecule has 0 aromatic heterocycles. The van der Waals surface area contributed by atoms with Gasteiger partial charge >= 0.3 is 0 Å². The highest BCUT2D eigenvalue weighted by Gasteiger charge is 2.48. The third-order valence-corrected chi connectivity index (χ3v) is 6.86. The third-order valence-electron chi connectivity index (χ3n) is 6.86. The van der Waals surface area contributed by atoms with Crippen LogP contribution in [-0.2, 0) is 16.0 Å². The Balaban J connectivity index is 1.80. The van der Waals surface area contributed by atoms with Crippen molar-refractivity contribution in [3.05, 3.63) is 47.8 Å². The smallest absolute Gasteiger partial charge is 0.246 e. The van der Waals surface area contributed by atoms with Gasteiger partial charge in [0, 0.05) is 18.5 Å². The number of rotatable bonds is 7. The van der Waals surface area contributed by atoms with Crippen LogP contribution in [0.25, 0.3) is 0 Å². The van der Waals surface area contributed by atoms with Crippen LogP contribution in [0.4, 0.5) is 4.39 Å². The summed E-state index contributed by atoms with van der Waals surface area (Å²) in [6, 6.07) is 5.36. The highest BCUT2D eigenvalue weighted by molar-refractivity contribution is 5.91. The van der Waals surface area contributed by atoms with Crippen molar-refractivity contribution in [3.63, 3.8) is 0 Å². The summed E-state index contributed by atoms with van der Waals surface area (Å²) in [6.07, 6.45) is 6.56. The Bertz CT molecular complexity index is 855. The van der Waals surface area contributed by atoms with Gasteiger partial charge in [-0.1, -0.05) is 12.1 Å². The Morgan fingerprint density at radius 3 is 2.47 bits per heavy atom. The summed E-state index contributed by atoms with van der Waals surface area (Å²) in [5, 5.41) is 6.17. The van der Waals surface area contributed by atoms with Crippen molar-refractivity contribution in [2.24, 2.45) is 5.92 Å². The minimum atomic E-state index is -0.959. The molecule has 2 aliphatic rings. The van der Waals surface area contributed by atoms with E-state index in [4.69, 9.17) is 0 Å². The topological polar surface area (TPSA) is 61.4 Å². The molecule has 0 bridgehead atoms. The molecule has 1 fully saturated rings. The van der Waals surface area contributed by atoms with Gasteiger partial charge in [0.15, 0.2) is 0 Å². The number of likely N-dealkylation sites (tertiary alicyclic amines) is 1. The number of benzene rings is 1. The standard InChI is InChI=1S/C26H38FN3O2/c1-6-7-14-26(28-18(2)31,24(32)29-25(3,4)5)20-12-15-30(16-13-20)23-11-9-19-8-10-21(27)17-22(19)23/h6,8,10,17,20,23H,1,7,9,11-16H2,2-5H3,(H,28,31)(H,29,32). The largest absolute Gasteiger partial charge is 0.349 e. The highest BCUT2D eigenvalue weighted by Crippen LogP contribution is 2.40. The Morgan fingerprint density at radius 2 is 1.88 bits per heavy atom. The van der Waals surface area contributed by atoms with E-state index in [-0.39, 0.29) is 29.6 Å². The van der Waals surface area contributed by atoms with E-state index < -0.39 is 11.1 Å². The quantitative estimate of drug-likeness (QED) is 0.619. The third kappa shape index (κ3) is 5.40. The molecule has 1 aliphatic heterocycles. The van der Waals surface area contributed by atoms with Crippen molar-refractivity contribution in [2.45, 2.75) is 83.3 Å². The summed E-state index contributed by atoms with van der Waals surface area (Å²) in [4.78, 5) is 28.2. The molecule has 2 N–H and O–H groups in total. The number of halogens is 1. The lowest BCUT2D eigenvalue weighted by atomic mass is 9.73. The number of hydrogen-bond acceptors (Lipinski definition) is 3. The number of nitrogens with one attached hydrogen (secondary N) is 2. The molecule has 1 aliphatic carbocycles. The molecule has 2 amide bonds. The second-order valence-corrected chi connectivity index (χ2v) is 10.4. The molecule has 1 heterocycles. The minimum Gasteiger partial charge on any atom is -0.349 e. The Morgan fingerprint density at radius 1 is 1.19 bits per heavy atom. The van der Waals surface area contributed by atoms with Crippen LogP contribution in [0.2, 0.25) is 0 Å². The van der Waals surface area contributed by atoms with Crippen molar-refractivity contribution >= 4 is 11.8 Å². The number of carbonyl (C=O) groups excluding carboxylic acids is 2. The van der Waals surface area contributed by atoms with Crippen LogP contribution in [0.3, 0.4) is 0 Å². The Labute approximate surface area is 191 Å². The summed E-state index contributed by atoms with van der Waals surface area (Å²) in [5.74, 6) is -0.466. The maximum atomic E-state index is 13.9. The number of allylic oxidation sites excluding steroid dienone is 1. The number of carbonyl (C=O) groups is 2. The van der Waals surface area contributed by atoms with E-state index in [9.17, 15) is 14.0 Å². The summed E-state index contributed by atoms with van der Waals surface area (Å²) in [5.41, 5.74) is 0.988. The van der Waals surface area contributed by atoms with Crippen LogP contribution in [-0.4, -0.2) is 40.9 Å². The van der Waals surface area contributed by atoms with E-state index in [2.05, 4.69) is 22.1 Å². The van der Waals surface area contributed by atoms with E-state index in [1.165, 1.54) is 12.5 Å². The van der Waals surface area contributed by atoms with Crippen molar-refractivity contribution in [1.29, 1.82) is 0 Å². The molecule has 2 unspecified atom stereocenters. The zero-order chi connectivity index (χ0) is 23.5.